The highest BCUT2D eigenvalue weighted by molar-refractivity contribution is 5.56. The van der Waals surface area contributed by atoms with E-state index in [0.717, 1.165) is 18.4 Å². The topological polar surface area (TPSA) is 72.8 Å². The number of rotatable bonds is 2. The van der Waals surface area contributed by atoms with Crippen molar-refractivity contribution >= 4 is 0 Å². The van der Waals surface area contributed by atoms with Crippen molar-refractivity contribution in [1.29, 1.82) is 0 Å². The smallest absolute Gasteiger partial charge is 0.251 e. The lowest BCUT2D eigenvalue weighted by atomic mass is 10.0. The van der Waals surface area contributed by atoms with E-state index in [9.17, 15) is 4.79 Å². The maximum Gasteiger partial charge on any atom is 0.251 e. The van der Waals surface area contributed by atoms with Crippen LogP contribution in [0.15, 0.2) is 23.3 Å². The molecule has 100 valence electrons. The van der Waals surface area contributed by atoms with Gasteiger partial charge in [-0.25, -0.2) is 4.98 Å². The first-order chi connectivity index (χ1) is 9.07. The lowest BCUT2D eigenvalue weighted by Crippen LogP contribution is -2.27. The number of aromatic amines is 1. The highest BCUT2D eigenvalue weighted by Crippen LogP contribution is 2.33. The zero-order valence-corrected chi connectivity index (χ0v) is 11.0. The minimum Gasteiger partial charge on any atom is -0.367 e. The summed E-state index contributed by atoms with van der Waals surface area (Å²) < 4.78 is 7.41. The van der Waals surface area contributed by atoms with Crippen LogP contribution in [0.3, 0.4) is 0 Å². The van der Waals surface area contributed by atoms with Crippen molar-refractivity contribution in [3.63, 3.8) is 0 Å². The molecule has 0 amide bonds. The standard InChI is InChI=1S/C13H16N4O2/c1-13(4-3-5-19-13)12-15-10(6-11(18)16-12)9-7-14-17(2)8-9/h6-8H,3-5H2,1-2H3,(H,15,16,18). The summed E-state index contributed by atoms with van der Waals surface area (Å²) in [6, 6.07) is 1.48. The van der Waals surface area contributed by atoms with Gasteiger partial charge in [0.1, 0.15) is 11.4 Å². The Hall–Kier alpha value is -1.95. The Morgan fingerprint density at radius 1 is 1.53 bits per heavy atom. The molecule has 3 heterocycles. The maximum absolute atomic E-state index is 11.8. The van der Waals surface area contributed by atoms with Gasteiger partial charge in [0.05, 0.1) is 11.9 Å². The molecule has 0 radical (unpaired) electrons. The van der Waals surface area contributed by atoms with Crippen molar-refractivity contribution in [3.8, 4) is 11.3 Å². The normalized spacial score (nSPS) is 22.8. The number of aryl methyl sites for hydroxylation is 1. The Kier molecular flexibility index (Phi) is 2.74. The van der Waals surface area contributed by atoms with Gasteiger partial charge >= 0.3 is 0 Å². The highest BCUT2D eigenvalue weighted by Gasteiger charge is 2.34. The Balaban J connectivity index is 2.08. The molecule has 2 aromatic rings. The van der Waals surface area contributed by atoms with Crippen molar-refractivity contribution in [2.75, 3.05) is 6.61 Å². The fraction of sp³-hybridized carbons (Fsp3) is 0.462. The molecule has 1 aliphatic heterocycles. The van der Waals surface area contributed by atoms with Gasteiger partial charge < -0.3 is 9.72 Å². The van der Waals surface area contributed by atoms with E-state index < -0.39 is 5.60 Å². The zero-order valence-electron chi connectivity index (χ0n) is 11.0. The largest absolute Gasteiger partial charge is 0.367 e. The third kappa shape index (κ3) is 2.19. The van der Waals surface area contributed by atoms with Gasteiger partial charge in [-0.2, -0.15) is 5.10 Å². The molecule has 0 aromatic carbocycles. The van der Waals surface area contributed by atoms with Gasteiger partial charge in [-0.3, -0.25) is 9.48 Å². The van der Waals surface area contributed by atoms with Crippen LogP contribution in [0.25, 0.3) is 11.3 Å². The van der Waals surface area contributed by atoms with Crippen LogP contribution >= 0.6 is 0 Å². The maximum atomic E-state index is 11.8. The number of nitrogens with one attached hydrogen (secondary N) is 1. The number of aromatic nitrogens is 4. The lowest BCUT2D eigenvalue weighted by Gasteiger charge is -2.21. The van der Waals surface area contributed by atoms with E-state index in [2.05, 4.69) is 15.1 Å². The quantitative estimate of drug-likeness (QED) is 0.880. The van der Waals surface area contributed by atoms with E-state index in [1.165, 1.54) is 6.07 Å². The second-order valence-electron chi connectivity index (χ2n) is 5.06. The molecule has 0 bridgehead atoms. The van der Waals surface area contributed by atoms with Gasteiger partial charge in [-0.15, -0.1) is 0 Å². The number of nitrogens with zero attached hydrogens (tertiary/aromatic N) is 3. The second-order valence-corrected chi connectivity index (χ2v) is 5.06. The molecule has 1 aliphatic rings. The Morgan fingerprint density at radius 3 is 3.00 bits per heavy atom. The predicted molar refractivity (Wildman–Crippen MR) is 69.6 cm³/mol. The third-order valence-corrected chi connectivity index (χ3v) is 3.46. The van der Waals surface area contributed by atoms with Crippen molar-refractivity contribution in [3.05, 3.63) is 34.6 Å². The van der Waals surface area contributed by atoms with Crippen LogP contribution in [-0.2, 0) is 17.4 Å². The van der Waals surface area contributed by atoms with Crippen LogP contribution in [-0.4, -0.2) is 26.4 Å². The van der Waals surface area contributed by atoms with Crippen molar-refractivity contribution in [1.82, 2.24) is 19.7 Å². The summed E-state index contributed by atoms with van der Waals surface area (Å²) in [6.07, 6.45) is 5.39. The fourth-order valence-electron chi connectivity index (χ4n) is 2.38. The molecule has 1 saturated heterocycles. The van der Waals surface area contributed by atoms with E-state index in [-0.39, 0.29) is 5.56 Å². The molecule has 1 unspecified atom stereocenters. The molecule has 1 N–H and O–H groups in total. The lowest BCUT2D eigenvalue weighted by molar-refractivity contribution is 0.00923. The molecule has 6 nitrogen and oxygen atoms in total. The van der Waals surface area contributed by atoms with E-state index in [1.54, 1.807) is 10.9 Å². The highest BCUT2D eigenvalue weighted by atomic mass is 16.5. The van der Waals surface area contributed by atoms with Gasteiger partial charge in [-0.1, -0.05) is 0 Å². The average molecular weight is 260 g/mol. The molecule has 0 saturated carbocycles. The summed E-state index contributed by atoms with van der Waals surface area (Å²) in [6.45, 7) is 2.67. The van der Waals surface area contributed by atoms with Crippen LogP contribution in [0.5, 0.6) is 0 Å². The van der Waals surface area contributed by atoms with E-state index in [4.69, 9.17) is 4.74 Å². The van der Waals surface area contributed by atoms with Crippen LogP contribution in [0.1, 0.15) is 25.6 Å². The number of hydrogen-bond acceptors (Lipinski definition) is 4. The average Bonchev–Trinajstić information content (AvgIpc) is 2.98. The summed E-state index contributed by atoms with van der Waals surface area (Å²) in [5, 5.41) is 4.10. The van der Waals surface area contributed by atoms with Crippen molar-refractivity contribution < 1.29 is 4.74 Å². The van der Waals surface area contributed by atoms with Gasteiger partial charge in [0.2, 0.25) is 0 Å². The fourth-order valence-corrected chi connectivity index (χ4v) is 2.38. The second kappa shape index (κ2) is 4.31. The first-order valence-electron chi connectivity index (χ1n) is 6.32. The Bertz CT molecular complexity index is 653. The third-order valence-electron chi connectivity index (χ3n) is 3.46. The van der Waals surface area contributed by atoms with Crippen LogP contribution < -0.4 is 5.56 Å². The van der Waals surface area contributed by atoms with Crippen LogP contribution in [0, 0.1) is 0 Å². The molecule has 6 heteroatoms. The minimum absolute atomic E-state index is 0.166. The van der Waals surface area contributed by atoms with Crippen LogP contribution in [0.4, 0.5) is 0 Å². The van der Waals surface area contributed by atoms with Crippen molar-refractivity contribution in [2.45, 2.75) is 25.4 Å². The SMILES string of the molecule is Cn1cc(-c2cc(=O)[nH]c(C3(C)CCCO3)n2)cn1. The van der Waals surface area contributed by atoms with Gasteiger partial charge in [0, 0.05) is 31.5 Å². The molecule has 3 rings (SSSR count). The van der Waals surface area contributed by atoms with E-state index in [1.807, 2.05) is 20.2 Å². The van der Waals surface area contributed by atoms with Gasteiger partial charge in [0.15, 0.2) is 0 Å². The summed E-state index contributed by atoms with van der Waals surface area (Å²) in [5.41, 5.74) is 0.804. The molecule has 1 atom stereocenters. The molecular formula is C13H16N4O2. The molecular weight excluding hydrogens is 244 g/mol. The van der Waals surface area contributed by atoms with Gasteiger partial charge in [-0.05, 0) is 19.8 Å². The monoisotopic (exact) mass is 260 g/mol. The first kappa shape index (κ1) is 12.1. The minimum atomic E-state index is -0.489. The van der Waals surface area contributed by atoms with E-state index in [0.29, 0.717) is 18.1 Å². The number of hydrogen-bond donors (Lipinski definition) is 1. The zero-order chi connectivity index (χ0) is 13.5. The Labute approximate surface area is 110 Å². The predicted octanol–water partition coefficient (Wildman–Crippen LogP) is 1.20. The van der Waals surface area contributed by atoms with Crippen LogP contribution in [0.2, 0.25) is 0 Å². The summed E-state index contributed by atoms with van der Waals surface area (Å²) in [7, 11) is 1.83. The summed E-state index contributed by atoms with van der Waals surface area (Å²) in [4.78, 5) is 19.1. The first-order valence-corrected chi connectivity index (χ1v) is 6.32. The molecule has 19 heavy (non-hydrogen) atoms. The molecule has 0 spiro atoms. The number of H-pyrrole nitrogens is 1. The van der Waals surface area contributed by atoms with Gasteiger partial charge in [0.25, 0.3) is 5.56 Å². The molecule has 0 aliphatic carbocycles. The van der Waals surface area contributed by atoms with E-state index >= 15 is 0 Å². The summed E-state index contributed by atoms with van der Waals surface area (Å²) in [5.74, 6) is 0.594. The summed E-state index contributed by atoms with van der Waals surface area (Å²) >= 11 is 0. The molecule has 2 aromatic heterocycles. The van der Waals surface area contributed by atoms with Crippen molar-refractivity contribution in [2.24, 2.45) is 7.05 Å². The Morgan fingerprint density at radius 2 is 2.37 bits per heavy atom. The number of ether oxygens (including phenoxy) is 1. The molecule has 1 fully saturated rings.